The fourth-order valence-electron chi connectivity index (χ4n) is 4.95. The molecule has 0 spiro atoms. The number of rotatable bonds is 1. The van der Waals surface area contributed by atoms with Crippen molar-refractivity contribution in [1.29, 1.82) is 0 Å². The summed E-state index contributed by atoms with van der Waals surface area (Å²) >= 11 is 6.46. The van der Waals surface area contributed by atoms with Crippen LogP contribution in [0.1, 0.15) is 42.4 Å². The molecule has 0 aromatic heterocycles. The number of benzene rings is 1. The van der Waals surface area contributed by atoms with Crippen LogP contribution in [0.3, 0.4) is 0 Å². The van der Waals surface area contributed by atoms with E-state index in [0.29, 0.717) is 5.03 Å². The van der Waals surface area contributed by atoms with Gasteiger partial charge in [0, 0.05) is 24.9 Å². The molecular formula is C21H26ClNO2. The van der Waals surface area contributed by atoms with Crippen molar-refractivity contribution in [2.75, 3.05) is 20.1 Å². The molecule has 1 aromatic rings. The number of aliphatic hydroxyl groups is 2. The fraction of sp³-hybridized carbons (Fsp3) is 0.524. The number of hydrogen-bond donors (Lipinski definition) is 2. The number of halogens is 1. The van der Waals surface area contributed by atoms with Crippen LogP contribution in [0.5, 0.6) is 0 Å². The largest absolute Gasteiger partial charge is 0.508 e. The second kappa shape index (κ2) is 6.37. The van der Waals surface area contributed by atoms with Crippen LogP contribution in [0, 0.1) is 11.8 Å². The molecule has 3 nitrogen and oxygen atoms in total. The van der Waals surface area contributed by atoms with Crippen molar-refractivity contribution >= 4 is 11.6 Å². The van der Waals surface area contributed by atoms with E-state index >= 15 is 0 Å². The smallest absolute Gasteiger partial charge is 0.172 e. The van der Waals surface area contributed by atoms with Crippen LogP contribution in [-0.2, 0) is 12.8 Å². The van der Waals surface area contributed by atoms with Gasteiger partial charge in [-0.2, -0.15) is 0 Å². The minimum atomic E-state index is -0.127. The number of allylic oxidation sites excluding steroid dienone is 2. The first-order valence-corrected chi connectivity index (χ1v) is 9.66. The third kappa shape index (κ3) is 2.78. The third-order valence-electron chi connectivity index (χ3n) is 6.36. The van der Waals surface area contributed by atoms with Gasteiger partial charge >= 0.3 is 0 Å². The molecule has 1 aliphatic heterocycles. The molecule has 134 valence electrons. The van der Waals surface area contributed by atoms with E-state index in [2.05, 4.69) is 30.1 Å². The molecule has 1 aromatic carbocycles. The van der Waals surface area contributed by atoms with Crippen molar-refractivity contribution in [1.82, 2.24) is 4.90 Å². The number of likely N-dealkylation sites (N-methyl/N-ethyl adjacent to an activating group) is 1. The van der Waals surface area contributed by atoms with Crippen LogP contribution in [0.15, 0.2) is 40.3 Å². The first-order valence-electron chi connectivity index (χ1n) is 9.28. The van der Waals surface area contributed by atoms with Crippen molar-refractivity contribution in [3.63, 3.8) is 0 Å². The second-order valence-electron chi connectivity index (χ2n) is 7.89. The Morgan fingerprint density at radius 1 is 1.12 bits per heavy atom. The lowest BCUT2D eigenvalue weighted by Gasteiger charge is -2.36. The zero-order chi connectivity index (χ0) is 17.7. The standard InChI is InChI=1S/C21H26ClNO2/c1-12-18-16(19(22)21(25)20(12)24)8-9-23(2)11-17(18)15-7-6-13-4-3-5-14(13)10-15/h6-7,10,12,17-18,24-25H,3-5,8-9,11H2,1-2H3. The minimum absolute atomic E-state index is 0.0365. The molecule has 0 radical (unpaired) electrons. The van der Waals surface area contributed by atoms with Gasteiger partial charge in [0.15, 0.2) is 5.76 Å². The summed E-state index contributed by atoms with van der Waals surface area (Å²) in [4.78, 5) is 2.34. The van der Waals surface area contributed by atoms with Gasteiger partial charge in [0.25, 0.3) is 0 Å². The van der Waals surface area contributed by atoms with Crippen molar-refractivity contribution in [3.8, 4) is 0 Å². The van der Waals surface area contributed by atoms with Gasteiger partial charge in [-0.1, -0.05) is 36.7 Å². The summed E-state index contributed by atoms with van der Waals surface area (Å²) in [6.45, 7) is 3.87. The molecule has 2 aliphatic carbocycles. The summed E-state index contributed by atoms with van der Waals surface area (Å²) in [5.41, 5.74) is 5.39. The predicted octanol–water partition coefficient (Wildman–Crippen LogP) is 4.68. The molecule has 1 fully saturated rings. The number of nitrogens with zero attached hydrogens (tertiary/aromatic N) is 1. The number of aliphatic hydroxyl groups excluding tert-OH is 2. The molecule has 3 atom stereocenters. The van der Waals surface area contributed by atoms with Gasteiger partial charge in [0.05, 0.1) is 5.03 Å². The molecule has 25 heavy (non-hydrogen) atoms. The zero-order valence-corrected chi connectivity index (χ0v) is 15.7. The first kappa shape index (κ1) is 17.0. The molecule has 4 rings (SSSR count). The van der Waals surface area contributed by atoms with Gasteiger partial charge in [0.1, 0.15) is 5.76 Å². The molecule has 0 amide bonds. The Hall–Kier alpha value is -1.45. The quantitative estimate of drug-likeness (QED) is 0.765. The maximum absolute atomic E-state index is 10.4. The van der Waals surface area contributed by atoms with Crippen LogP contribution in [0.25, 0.3) is 0 Å². The second-order valence-corrected chi connectivity index (χ2v) is 8.27. The number of likely N-dealkylation sites (tertiary alicyclic amines) is 1. The average Bonchev–Trinajstić information content (AvgIpc) is 3.00. The number of hydrogen-bond acceptors (Lipinski definition) is 3. The van der Waals surface area contributed by atoms with Crippen molar-refractivity contribution in [2.24, 2.45) is 11.8 Å². The molecular weight excluding hydrogens is 334 g/mol. The third-order valence-corrected chi connectivity index (χ3v) is 6.78. The van der Waals surface area contributed by atoms with E-state index in [-0.39, 0.29) is 29.3 Å². The van der Waals surface area contributed by atoms with E-state index in [1.54, 1.807) is 0 Å². The zero-order valence-electron chi connectivity index (χ0n) is 14.9. The van der Waals surface area contributed by atoms with Crippen LogP contribution in [-0.4, -0.2) is 35.3 Å². The lowest BCUT2D eigenvalue weighted by atomic mass is 9.70. The van der Waals surface area contributed by atoms with Gasteiger partial charge in [-0.25, -0.2) is 0 Å². The van der Waals surface area contributed by atoms with E-state index in [4.69, 9.17) is 11.6 Å². The Morgan fingerprint density at radius 3 is 2.68 bits per heavy atom. The summed E-state index contributed by atoms with van der Waals surface area (Å²) in [6.07, 6.45) is 4.44. The first-order chi connectivity index (χ1) is 12.0. The Labute approximate surface area is 154 Å². The predicted molar refractivity (Wildman–Crippen MR) is 101 cm³/mol. The van der Waals surface area contributed by atoms with E-state index in [0.717, 1.165) is 25.1 Å². The molecule has 3 unspecified atom stereocenters. The average molecular weight is 360 g/mol. The molecule has 1 heterocycles. The summed E-state index contributed by atoms with van der Waals surface area (Å²) in [5, 5.41) is 21.0. The Kier molecular flexibility index (Phi) is 4.33. The molecule has 0 saturated carbocycles. The van der Waals surface area contributed by atoms with E-state index < -0.39 is 0 Å². The fourth-order valence-corrected chi connectivity index (χ4v) is 5.27. The maximum Gasteiger partial charge on any atom is 0.172 e. The monoisotopic (exact) mass is 359 g/mol. The highest BCUT2D eigenvalue weighted by Crippen LogP contribution is 2.48. The van der Waals surface area contributed by atoms with Crippen molar-refractivity contribution in [3.05, 3.63) is 57.0 Å². The Balaban J connectivity index is 1.80. The normalized spacial score (nSPS) is 30.3. The maximum atomic E-state index is 10.4. The molecule has 3 aliphatic rings. The van der Waals surface area contributed by atoms with Crippen LogP contribution < -0.4 is 0 Å². The SMILES string of the molecule is CC1C(O)=C(O)C(Cl)=C2CCN(C)CC(c3ccc4c(c3)CCC4)C21. The Bertz CT molecular complexity index is 767. The lowest BCUT2D eigenvalue weighted by Crippen LogP contribution is -2.31. The summed E-state index contributed by atoms with van der Waals surface area (Å²) in [7, 11) is 2.14. The summed E-state index contributed by atoms with van der Waals surface area (Å²) in [5.74, 6) is 0.189. The van der Waals surface area contributed by atoms with Crippen molar-refractivity contribution in [2.45, 2.75) is 38.5 Å². The van der Waals surface area contributed by atoms with Crippen LogP contribution >= 0.6 is 11.6 Å². The van der Waals surface area contributed by atoms with E-state index in [1.807, 2.05) is 6.92 Å². The summed E-state index contributed by atoms with van der Waals surface area (Å²) in [6, 6.07) is 6.93. The van der Waals surface area contributed by atoms with Gasteiger partial charge in [0.2, 0.25) is 0 Å². The topological polar surface area (TPSA) is 43.7 Å². The highest BCUT2D eigenvalue weighted by molar-refractivity contribution is 6.32. The Morgan fingerprint density at radius 2 is 1.88 bits per heavy atom. The molecule has 0 bridgehead atoms. The molecule has 4 heteroatoms. The van der Waals surface area contributed by atoms with Gasteiger partial charge in [-0.15, -0.1) is 0 Å². The van der Waals surface area contributed by atoms with Crippen LogP contribution in [0.4, 0.5) is 0 Å². The number of aryl methyl sites for hydroxylation is 2. The minimum Gasteiger partial charge on any atom is -0.508 e. The van der Waals surface area contributed by atoms with E-state index in [9.17, 15) is 10.2 Å². The van der Waals surface area contributed by atoms with Gasteiger partial charge < -0.3 is 15.1 Å². The number of fused-ring (bicyclic) bond motifs is 2. The van der Waals surface area contributed by atoms with E-state index in [1.165, 1.54) is 36.0 Å². The van der Waals surface area contributed by atoms with Gasteiger partial charge in [-0.05, 0) is 60.9 Å². The van der Waals surface area contributed by atoms with Crippen molar-refractivity contribution < 1.29 is 10.2 Å². The highest BCUT2D eigenvalue weighted by Gasteiger charge is 2.41. The molecule has 2 N–H and O–H groups in total. The lowest BCUT2D eigenvalue weighted by molar-refractivity contribution is 0.220. The van der Waals surface area contributed by atoms with Gasteiger partial charge in [-0.3, -0.25) is 0 Å². The highest BCUT2D eigenvalue weighted by atomic mass is 35.5. The van der Waals surface area contributed by atoms with Crippen LogP contribution in [0.2, 0.25) is 0 Å². The summed E-state index contributed by atoms with van der Waals surface area (Å²) < 4.78 is 0. The molecule has 1 saturated heterocycles.